The lowest BCUT2D eigenvalue weighted by atomic mass is 10.1. The monoisotopic (exact) mass is 352 g/mol. The third kappa shape index (κ3) is 3.30. The molecular weight excluding hydrogens is 331 g/mol. The third-order valence-corrected chi connectivity index (χ3v) is 4.72. The van der Waals surface area contributed by atoms with Gasteiger partial charge in [0, 0.05) is 62.4 Å². The average molecular weight is 352 g/mol. The van der Waals surface area contributed by atoms with Crippen LogP contribution in [0.4, 0.5) is 15.8 Å². The predicted molar refractivity (Wildman–Crippen MR) is 101 cm³/mol. The van der Waals surface area contributed by atoms with Gasteiger partial charge in [-0.3, -0.25) is 15.0 Å². The summed E-state index contributed by atoms with van der Waals surface area (Å²) >= 11 is 0. The van der Waals surface area contributed by atoms with E-state index in [-0.39, 0.29) is 5.82 Å². The smallest absolute Gasteiger partial charge is 0.130 e. The van der Waals surface area contributed by atoms with Crippen molar-refractivity contribution in [1.29, 1.82) is 0 Å². The lowest BCUT2D eigenvalue weighted by Crippen LogP contribution is -2.50. The first-order chi connectivity index (χ1) is 12.7. The first kappa shape index (κ1) is 16.7. The molecular formula is C19H21FN6. The number of hydrogen-bond donors (Lipinski definition) is 2. The highest BCUT2D eigenvalue weighted by atomic mass is 19.1. The molecule has 0 spiro atoms. The van der Waals surface area contributed by atoms with Crippen LogP contribution in [0.5, 0.6) is 0 Å². The zero-order valence-corrected chi connectivity index (χ0v) is 14.6. The SMILES string of the molecule is C[C@@H]1CNCCN1c1ccncc1NCc1cc2nccnc2cc1F. The van der Waals surface area contributed by atoms with Gasteiger partial charge in [-0.05, 0) is 19.1 Å². The van der Waals surface area contributed by atoms with E-state index in [4.69, 9.17) is 0 Å². The van der Waals surface area contributed by atoms with Crippen molar-refractivity contribution in [3.63, 3.8) is 0 Å². The summed E-state index contributed by atoms with van der Waals surface area (Å²) in [6.45, 7) is 5.37. The number of hydrogen-bond acceptors (Lipinski definition) is 6. The van der Waals surface area contributed by atoms with E-state index in [2.05, 4.69) is 37.4 Å². The van der Waals surface area contributed by atoms with Gasteiger partial charge in [0.05, 0.1) is 28.6 Å². The highest BCUT2D eigenvalue weighted by molar-refractivity contribution is 5.75. The molecule has 0 aliphatic carbocycles. The molecule has 3 heterocycles. The number of benzene rings is 1. The second kappa shape index (κ2) is 7.21. The molecule has 2 aromatic heterocycles. The van der Waals surface area contributed by atoms with Crippen LogP contribution in [0.1, 0.15) is 12.5 Å². The van der Waals surface area contributed by atoms with Gasteiger partial charge >= 0.3 is 0 Å². The molecule has 1 fully saturated rings. The Hall–Kier alpha value is -2.80. The Balaban J connectivity index is 1.58. The minimum Gasteiger partial charge on any atom is -0.378 e. The lowest BCUT2D eigenvalue weighted by molar-refractivity contribution is 0.501. The second-order valence-electron chi connectivity index (χ2n) is 6.48. The van der Waals surface area contributed by atoms with Gasteiger partial charge in [0.2, 0.25) is 0 Å². The minimum atomic E-state index is -0.286. The maximum absolute atomic E-state index is 14.4. The van der Waals surface area contributed by atoms with Gasteiger partial charge in [-0.25, -0.2) is 4.39 Å². The summed E-state index contributed by atoms with van der Waals surface area (Å²) in [6, 6.07) is 5.57. The van der Waals surface area contributed by atoms with Gasteiger partial charge in [-0.1, -0.05) is 0 Å². The van der Waals surface area contributed by atoms with Crippen molar-refractivity contribution in [3.05, 3.63) is 54.4 Å². The topological polar surface area (TPSA) is 66.0 Å². The Kier molecular flexibility index (Phi) is 4.62. The Labute approximate surface area is 151 Å². The van der Waals surface area contributed by atoms with Gasteiger partial charge < -0.3 is 15.5 Å². The fraction of sp³-hybridized carbons (Fsp3) is 0.316. The van der Waals surface area contributed by atoms with Crippen LogP contribution >= 0.6 is 0 Å². The maximum atomic E-state index is 14.4. The van der Waals surface area contributed by atoms with Crippen molar-refractivity contribution >= 4 is 22.4 Å². The molecule has 1 atom stereocenters. The van der Waals surface area contributed by atoms with E-state index in [0.717, 1.165) is 31.0 Å². The highest BCUT2D eigenvalue weighted by Crippen LogP contribution is 2.28. The molecule has 6 nitrogen and oxygen atoms in total. The normalized spacial score (nSPS) is 17.5. The average Bonchev–Trinajstić information content (AvgIpc) is 2.67. The summed E-state index contributed by atoms with van der Waals surface area (Å²) in [4.78, 5) is 15.0. The van der Waals surface area contributed by atoms with Crippen molar-refractivity contribution in [2.45, 2.75) is 19.5 Å². The molecule has 0 radical (unpaired) electrons. The van der Waals surface area contributed by atoms with Crippen LogP contribution in [-0.4, -0.2) is 40.6 Å². The first-order valence-corrected chi connectivity index (χ1v) is 8.77. The predicted octanol–water partition coefficient (Wildman–Crippen LogP) is 2.57. The van der Waals surface area contributed by atoms with Crippen molar-refractivity contribution in [3.8, 4) is 0 Å². The summed E-state index contributed by atoms with van der Waals surface area (Å²) in [7, 11) is 0. The molecule has 0 unspecified atom stereocenters. The second-order valence-corrected chi connectivity index (χ2v) is 6.48. The molecule has 4 rings (SSSR count). The molecule has 3 aromatic rings. The number of piperazine rings is 1. The molecule has 0 amide bonds. The van der Waals surface area contributed by atoms with Crippen LogP contribution in [0.15, 0.2) is 43.0 Å². The molecule has 0 bridgehead atoms. The van der Waals surface area contributed by atoms with E-state index < -0.39 is 0 Å². The van der Waals surface area contributed by atoms with Crippen molar-refractivity contribution in [1.82, 2.24) is 20.3 Å². The lowest BCUT2D eigenvalue weighted by Gasteiger charge is -2.37. The summed E-state index contributed by atoms with van der Waals surface area (Å²) in [5, 5.41) is 6.74. The standard InChI is InChI=1S/C19H21FN6/c1-13-10-22-6-7-26(13)19-2-3-21-12-18(19)25-11-14-8-16-17(9-15(14)20)24-5-4-23-16/h2-5,8-9,12-13,22,25H,6-7,10-11H2,1H3/t13-/m1/s1. The minimum absolute atomic E-state index is 0.286. The van der Waals surface area contributed by atoms with E-state index in [1.165, 1.54) is 6.07 Å². The number of aromatic nitrogens is 3. The van der Waals surface area contributed by atoms with Gasteiger partial charge in [-0.15, -0.1) is 0 Å². The Morgan fingerprint density at radius 2 is 2.04 bits per heavy atom. The molecule has 26 heavy (non-hydrogen) atoms. The molecule has 1 aromatic carbocycles. The zero-order valence-electron chi connectivity index (χ0n) is 14.6. The van der Waals surface area contributed by atoms with Crippen molar-refractivity contribution < 1.29 is 4.39 Å². The maximum Gasteiger partial charge on any atom is 0.130 e. The Morgan fingerprint density at radius 3 is 2.85 bits per heavy atom. The number of nitrogens with one attached hydrogen (secondary N) is 2. The van der Waals surface area contributed by atoms with Crippen LogP contribution in [-0.2, 0) is 6.54 Å². The summed E-state index contributed by atoms with van der Waals surface area (Å²) in [5.74, 6) is -0.286. The van der Waals surface area contributed by atoms with Crippen LogP contribution in [0.25, 0.3) is 11.0 Å². The van der Waals surface area contributed by atoms with Crippen molar-refractivity contribution in [2.24, 2.45) is 0 Å². The van der Waals surface area contributed by atoms with E-state index >= 15 is 0 Å². The summed E-state index contributed by atoms with van der Waals surface area (Å²) in [5.41, 5.74) is 3.80. The number of nitrogens with zero attached hydrogens (tertiary/aromatic N) is 4. The number of rotatable bonds is 4. The largest absolute Gasteiger partial charge is 0.378 e. The van der Waals surface area contributed by atoms with Gasteiger partial charge in [0.25, 0.3) is 0 Å². The molecule has 1 aliphatic rings. The van der Waals surface area contributed by atoms with E-state index in [1.54, 1.807) is 30.9 Å². The molecule has 7 heteroatoms. The molecule has 1 aliphatic heterocycles. The molecule has 134 valence electrons. The highest BCUT2D eigenvalue weighted by Gasteiger charge is 2.20. The Morgan fingerprint density at radius 1 is 1.23 bits per heavy atom. The fourth-order valence-electron chi connectivity index (χ4n) is 3.33. The molecule has 1 saturated heterocycles. The van der Waals surface area contributed by atoms with E-state index in [0.29, 0.717) is 29.2 Å². The van der Waals surface area contributed by atoms with Crippen LogP contribution in [0, 0.1) is 5.82 Å². The number of fused-ring (bicyclic) bond motifs is 1. The van der Waals surface area contributed by atoms with E-state index in [1.807, 2.05) is 6.07 Å². The number of halogens is 1. The van der Waals surface area contributed by atoms with Crippen molar-refractivity contribution in [2.75, 3.05) is 29.9 Å². The fourth-order valence-corrected chi connectivity index (χ4v) is 3.33. The zero-order chi connectivity index (χ0) is 17.9. The third-order valence-electron chi connectivity index (χ3n) is 4.72. The van der Waals surface area contributed by atoms with Crippen LogP contribution in [0.3, 0.4) is 0 Å². The number of anilines is 2. The number of pyridine rings is 1. The van der Waals surface area contributed by atoms with Crippen LogP contribution < -0.4 is 15.5 Å². The molecule has 0 saturated carbocycles. The molecule has 2 N–H and O–H groups in total. The van der Waals surface area contributed by atoms with Gasteiger partial charge in [0.1, 0.15) is 5.82 Å². The Bertz CT molecular complexity index is 915. The van der Waals surface area contributed by atoms with Gasteiger partial charge in [-0.2, -0.15) is 0 Å². The summed E-state index contributed by atoms with van der Waals surface area (Å²) in [6.07, 6.45) is 6.77. The summed E-state index contributed by atoms with van der Waals surface area (Å²) < 4.78 is 14.4. The van der Waals surface area contributed by atoms with Crippen LogP contribution in [0.2, 0.25) is 0 Å². The quantitative estimate of drug-likeness (QED) is 0.752. The van der Waals surface area contributed by atoms with E-state index in [9.17, 15) is 4.39 Å². The van der Waals surface area contributed by atoms with Gasteiger partial charge in [0.15, 0.2) is 0 Å². The first-order valence-electron chi connectivity index (χ1n) is 8.77.